The Kier molecular flexibility index (Phi) is 6.20. The molecule has 0 bridgehead atoms. The van der Waals surface area contributed by atoms with Crippen LogP contribution in [0.1, 0.15) is 22.3 Å². The molecule has 2 aliphatic heterocycles. The minimum atomic E-state index is -0.840. The fourth-order valence-electron chi connectivity index (χ4n) is 4.15. The van der Waals surface area contributed by atoms with Crippen LogP contribution in [0.3, 0.4) is 0 Å². The Labute approximate surface area is 189 Å². The van der Waals surface area contributed by atoms with E-state index in [9.17, 15) is 14.7 Å². The van der Waals surface area contributed by atoms with Crippen LogP contribution in [0, 0.1) is 0 Å². The van der Waals surface area contributed by atoms with Gasteiger partial charge in [-0.3, -0.25) is 4.79 Å². The highest BCUT2D eigenvalue weighted by Gasteiger charge is 2.45. The van der Waals surface area contributed by atoms with Gasteiger partial charge in [0.05, 0.1) is 24.4 Å². The van der Waals surface area contributed by atoms with Gasteiger partial charge in [0.15, 0.2) is 17.7 Å². The second kappa shape index (κ2) is 9.05. The number of thiophene rings is 1. The van der Waals surface area contributed by atoms with Crippen LogP contribution in [0.15, 0.2) is 47.7 Å². The van der Waals surface area contributed by atoms with Gasteiger partial charge in [-0.05, 0) is 40.5 Å². The quantitative estimate of drug-likeness (QED) is 0.687. The van der Waals surface area contributed by atoms with Gasteiger partial charge in [0.1, 0.15) is 6.61 Å². The molecule has 2 amide bonds. The maximum absolute atomic E-state index is 13.6. The van der Waals surface area contributed by atoms with E-state index in [4.69, 9.17) is 14.2 Å². The average molecular weight is 457 g/mol. The van der Waals surface area contributed by atoms with Crippen molar-refractivity contribution in [1.82, 2.24) is 4.90 Å². The summed E-state index contributed by atoms with van der Waals surface area (Å²) in [6, 6.07) is 4.33. The van der Waals surface area contributed by atoms with Crippen molar-refractivity contribution in [2.45, 2.75) is 18.7 Å². The molecule has 1 aromatic heterocycles. The minimum absolute atomic E-state index is 0.00831. The zero-order valence-corrected chi connectivity index (χ0v) is 18.6. The topological polar surface area (TPSA) is 88.5 Å². The van der Waals surface area contributed by atoms with E-state index in [1.165, 1.54) is 37.3 Å². The molecule has 1 N–H and O–H groups in total. The highest BCUT2D eigenvalue weighted by molar-refractivity contribution is 7.08. The molecule has 0 aliphatic carbocycles. The molecule has 2 aliphatic rings. The highest BCUT2D eigenvalue weighted by Crippen LogP contribution is 2.42. The summed E-state index contributed by atoms with van der Waals surface area (Å²) in [5, 5.41) is 14.5. The Morgan fingerprint density at radius 1 is 1.38 bits per heavy atom. The first-order valence-corrected chi connectivity index (χ1v) is 11.0. The first kappa shape index (κ1) is 21.9. The number of anilines is 1. The van der Waals surface area contributed by atoms with Crippen molar-refractivity contribution in [3.8, 4) is 11.5 Å². The van der Waals surface area contributed by atoms with E-state index in [2.05, 4.69) is 12.0 Å². The number of aromatic hydroxyl groups is 1. The molecule has 4 rings (SSSR count). The van der Waals surface area contributed by atoms with E-state index in [1.54, 1.807) is 16.2 Å². The van der Waals surface area contributed by atoms with Crippen LogP contribution in [-0.2, 0) is 9.47 Å². The van der Waals surface area contributed by atoms with Crippen molar-refractivity contribution < 1.29 is 28.9 Å². The third-order valence-electron chi connectivity index (χ3n) is 5.65. The molecule has 0 radical (unpaired) electrons. The maximum Gasteiger partial charge on any atom is 0.416 e. The molecule has 2 atom stereocenters. The number of ether oxygens (including phenoxy) is 3. The molecule has 32 heavy (non-hydrogen) atoms. The molecule has 8 nitrogen and oxygen atoms in total. The molecule has 0 spiro atoms. The fraction of sp³-hybridized carbons (Fsp3) is 0.304. The zero-order chi connectivity index (χ0) is 22.8. The fourth-order valence-corrected chi connectivity index (χ4v) is 4.83. The summed E-state index contributed by atoms with van der Waals surface area (Å²) < 4.78 is 16.3. The number of nitrogens with zero attached hydrogens (tertiary/aromatic N) is 2. The van der Waals surface area contributed by atoms with E-state index in [1.807, 2.05) is 17.5 Å². The smallest absolute Gasteiger partial charge is 0.416 e. The molecule has 0 fully saturated rings. The Morgan fingerprint density at radius 2 is 2.19 bits per heavy atom. The molecule has 3 heterocycles. The zero-order valence-electron chi connectivity index (χ0n) is 17.8. The van der Waals surface area contributed by atoms with Crippen molar-refractivity contribution in [3.63, 3.8) is 0 Å². The van der Waals surface area contributed by atoms with E-state index >= 15 is 0 Å². The third kappa shape index (κ3) is 3.74. The number of rotatable bonds is 5. The van der Waals surface area contributed by atoms with Gasteiger partial charge in [0.2, 0.25) is 0 Å². The van der Waals surface area contributed by atoms with Crippen LogP contribution in [0.4, 0.5) is 10.5 Å². The summed E-state index contributed by atoms with van der Waals surface area (Å²) in [7, 11) is 2.88. The van der Waals surface area contributed by atoms with Gasteiger partial charge in [-0.15, -0.1) is 0 Å². The number of fused-ring (bicyclic) bond motifs is 2. The van der Waals surface area contributed by atoms with Crippen LogP contribution in [0.2, 0.25) is 0 Å². The number of benzene rings is 1. The summed E-state index contributed by atoms with van der Waals surface area (Å²) >= 11 is 1.60. The van der Waals surface area contributed by atoms with Gasteiger partial charge in [-0.25, -0.2) is 9.69 Å². The van der Waals surface area contributed by atoms with Gasteiger partial charge in [-0.2, -0.15) is 11.3 Å². The Morgan fingerprint density at radius 3 is 2.84 bits per heavy atom. The molecular formula is C23H24N2O6S. The molecule has 2 aromatic rings. The number of phenols is 1. The standard InChI is InChI=1S/C23H24N2O6S/c1-4-8-31-23(28)25-17-12-19(26)20(29-2)11-16(17)21(27)24-7-5-14(15-6-9-32-13-15)10-18(24)22(25)30-3/h4-6,9,11-13,18,22,26H,1,7-8,10H2,2-3H3/t18-,22-/m0/s1. The van der Waals surface area contributed by atoms with Crippen LogP contribution in [0.5, 0.6) is 11.5 Å². The van der Waals surface area contributed by atoms with Gasteiger partial charge in [0, 0.05) is 19.7 Å². The molecule has 168 valence electrons. The van der Waals surface area contributed by atoms with Gasteiger partial charge >= 0.3 is 6.09 Å². The molecule has 9 heteroatoms. The van der Waals surface area contributed by atoms with Crippen LogP contribution in [-0.4, -0.2) is 61.6 Å². The number of methoxy groups -OCH3 is 2. The largest absolute Gasteiger partial charge is 0.504 e. The number of carbonyl (C=O) groups is 2. The summed E-state index contributed by atoms with van der Waals surface area (Å²) in [4.78, 5) is 29.7. The Bertz CT molecular complexity index is 1060. The predicted molar refractivity (Wildman–Crippen MR) is 121 cm³/mol. The average Bonchev–Trinajstić information content (AvgIpc) is 3.32. The number of hydrogen-bond donors (Lipinski definition) is 1. The SMILES string of the molecule is C=CCOC(=O)N1c2cc(O)c(OC)cc2C(=O)N2CC=C(c3ccsc3)C[C@H]2[C@@H]1OC. The lowest BCUT2D eigenvalue weighted by molar-refractivity contribution is 0.0175. The monoisotopic (exact) mass is 456 g/mol. The van der Waals surface area contributed by atoms with Gasteiger partial charge in [0.25, 0.3) is 5.91 Å². The minimum Gasteiger partial charge on any atom is -0.504 e. The number of carbonyl (C=O) groups excluding carboxylic acids is 2. The van der Waals surface area contributed by atoms with Crippen molar-refractivity contribution in [3.05, 3.63) is 58.8 Å². The molecule has 0 saturated carbocycles. The summed E-state index contributed by atoms with van der Waals surface area (Å²) in [6.45, 7) is 3.93. The summed E-state index contributed by atoms with van der Waals surface area (Å²) in [5.74, 6) is -0.354. The summed E-state index contributed by atoms with van der Waals surface area (Å²) in [6.07, 6.45) is 2.42. The van der Waals surface area contributed by atoms with E-state index in [0.717, 1.165) is 11.1 Å². The van der Waals surface area contributed by atoms with Crippen LogP contribution >= 0.6 is 11.3 Å². The highest BCUT2D eigenvalue weighted by atomic mass is 32.1. The van der Waals surface area contributed by atoms with E-state index in [-0.39, 0.29) is 35.3 Å². The second-order valence-corrected chi connectivity index (χ2v) is 8.15. The predicted octanol–water partition coefficient (Wildman–Crippen LogP) is 3.88. The summed E-state index contributed by atoms with van der Waals surface area (Å²) in [5.41, 5.74) is 2.57. The molecule has 0 unspecified atom stereocenters. The van der Waals surface area contributed by atoms with Crippen LogP contribution < -0.4 is 9.64 Å². The number of phenolic OH excluding ortho intramolecular Hbond substituents is 1. The van der Waals surface area contributed by atoms with Gasteiger partial charge in [-0.1, -0.05) is 18.7 Å². The maximum atomic E-state index is 13.6. The Hall–Kier alpha value is -3.30. The van der Waals surface area contributed by atoms with E-state index in [0.29, 0.717) is 13.0 Å². The molecule has 1 aromatic carbocycles. The Balaban J connectivity index is 1.85. The first-order chi connectivity index (χ1) is 15.5. The normalized spacial score (nSPS) is 20.1. The number of amides is 2. The number of hydrogen-bond acceptors (Lipinski definition) is 7. The van der Waals surface area contributed by atoms with E-state index < -0.39 is 18.4 Å². The van der Waals surface area contributed by atoms with Crippen molar-refractivity contribution in [2.24, 2.45) is 0 Å². The molecule has 0 saturated heterocycles. The lowest BCUT2D eigenvalue weighted by Crippen LogP contribution is -2.55. The third-order valence-corrected chi connectivity index (χ3v) is 6.33. The van der Waals surface area contributed by atoms with Crippen LogP contribution in [0.25, 0.3) is 5.57 Å². The van der Waals surface area contributed by atoms with Crippen molar-refractivity contribution in [1.29, 1.82) is 0 Å². The second-order valence-electron chi connectivity index (χ2n) is 7.37. The first-order valence-electron chi connectivity index (χ1n) is 10.0. The lowest BCUT2D eigenvalue weighted by Gasteiger charge is -2.40. The van der Waals surface area contributed by atoms with Crippen molar-refractivity contribution in [2.75, 3.05) is 32.3 Å². The lowest BCUT2D eigenvalue weighted by atomic mass is 9.94. The van der Waals surface area contributed by atoms with Gasteiger partial charge < -0.3 is 24.2 Å². The van der Waals surface area contributed by atoms with Crippen molar-refractivity contribution >= 4 is 34.6 Å². The molecular weight excluding hydrogens is 432 g/mol.